The molecule has 0 amide bonds. The van der Waals surface area contributed by atoms with Gasteiger partial charge in [-0.2, -0.15) is 11.8 Å². The van der Waals surface area contributed by atoms with E-state index in [4.69, 9.17) is 4.74 Å². The van der Waals surface area contributed by atoms with E-state index in [1.54, 1.807) is 0 Å². The van der Waals surface area contributed by atoms with E-state index in [0.29, 0.717) is 0 Å². The SMILES string of the molecule is CSC1CCN(CC(OC(C)C)c2ccccc2)C1. The molecule has 2 atom stereocenters. The Bertz CT molecular complexity index is 368. The molecule has 1 aliphatic heterocycles. The van der Waals surface area contributed by atoms with Gasteiger partial charge in [-0.3, -0.25) is 4.90 Å². The fourth-order valence-corrected chi connectivity index (χ4v) is 3.31. The molecule has 1 aromatic carbocycles. The Morgan fingerprint density at radius 1 is 1.32 bits per heavy atom. The van der Waals surface area contributed by atoms with E-state index < -0.39 is 0 Å². The predicted octanol–water partition coefficient (Wildman–Crippen LogP) is 3.59. The van der Waals surface area contributed by atoms with Gasteiger partial charge in [0.25, 0.3) is 0 Å². The molecule has 1 aromatic rings. The summed E-state index contributed by atoms with van der Waals surface area (Å²) in [5, 5.41) is 0.801. The molecule has 1 fully saturated rings. The van der Waals surface area contributed by atoms with Gasteiger partial charge in [0.05, 0.1) is 12.2 Å². The maximum Gasteiger partial charge on any atom is 0.0955 e. The molecule has 2 unspecified atom stereocenters. The maximum absolute atomic E-state index is 6.12. The predicted molar refractivity (Wildman–Crippen MR) is 83.8 cm³/mol. The molecule has 0 radical (unpaired) electrons. The first kappa shape index (κ1) is 14.9. The Morgan fingerprint density at radius 2 is 2.05 bits per heavy atom. The van der Waals surface area contributed by atoms with Crippen molar-refractivity contribution in [2.24, 2.45) is 0 Å². The first-order valence-corrected chi connectivity index (χ1v) is 8.43. The van der Waals surface area contributed by atoms with E-state index in [-0.39, 0.29) is 12.2 Å². The average Bonchev–Trinajstić information content (AvgIpc) is 2.86. The molecular weight excluding hydrogens is 254 g/mol. The van der Waals surface area contributed by atoms with Crippen molar-refractivity contribution in [3.05, 3.63) is 35.9 Å². The number of nitrogens with zero attached hydrogens (tertiary/aromatic N) is 1. The van der Waals surface area contributed by atoms with Crippen LogP contribution in [0.25, 0.3) is 0 Å². The molecule has 3 heteroatoms. The van der Waals surface area contributed by atoms with Gasteiger partial charge >= 0.3 is 0 Å². The van der Waals surface area contributed by atoms with Crippen LogP contribution in [-0.4, -0.2) is 42.1 Å². The standard InChI is InChI=1S/C16H25NOS/c1-13(2)18-16(14-7-5-4-6-8-14)12-17-10-9-15(11-17)19-3/h4-8,13,15-16H,9-12H2,1-3H3. The number of benzene rings is 1. The molecule has 0 bridgehead atoms. The zero-order valence-electron chi connectivity index (χ0n) is 12.2. The molecule has 0 spiro atoms. The molecule has 0 aliphatic carbocycles. The number of ether oxygens (including phenoxy) is 1. The summed E-state index contributed by atoms with van der Waals surface area (Å²) in [6.45, 7) is 7.65. The zero-order valence-corrected chi connectivity index (χ0v) is 13.0. The number of thioether (sulfide) groups is 1. The van der Waals surface area contributed by atoms with Crippen LogP contribution in [0.4, 0.5) is 0 Å². The lowest BCUT2D eigenvalue weighted by atomic mass is 10.1. The smallest absolute Gasteiger partial charge is 0.0955 e. The summed E-state index contributed by atoms with van der Waals surface area (Å²) in [4.78, 5) is 2.54. The van der Waals surface area contributed by atoms with Gasteiger partial charge in [0.2, 0.25) is 0 Å². The lowest BCUT2D eigenvalue weighted by molar-refractivity contribution is -0.0102. The lowest BCUT2D eigenvalue weighted by Crippen LogP contribution is -2.29. The van der Waals surface area contributed by atoms with Gasteiger partial charge in [0.15, 0.2) is 0 Å². The van der Waals surface area contributed by atoms with Crippen LogP contribution in [0.5, 0.6) is 0 Å². The van der Waals surface area contributed by atoms with Gasteiger partial charge in [-0.05, 0) is 38.6 Å². The van der Waals surface area contributed by atoms with Crippen molar-refractivity contribution in [3.63, 3.8) is 0 Å². The van der Waals surface area contributed by atoms with Crippen molar-refractivity contribution < 1.29 is 4.74 Å². The van der Waals surface area contributed by atoms with Crippen LogP contribution in [0, 0.1) is 0 Å². The van der Waals surface area contributed by atoms with E-state index in [1.165, 1.54) is 25.1 Å². The van der Waals surface area contributed by atoms with Gasteiger partial charge in [0, 0.05) is 18.3 Å². The molecule has 2 nitrogen and oxygen atoms in total. The summed E-state index contributed by atoms with van der Waals surface area (Å²) < 4.78 is 6.12. The van der Waals surface area contributed by atoms with E-state index >= 15 is 0 Å². The van der Waals surface area contributed by atoms with Crippen LogP contribution in [0.3, 0.4) is 0 Å². The van der Waals surface area contributed by atoms with Gasteiger partial charge in [0.1, 0.15) is 0 Å². The van der Waals surface area contributed by atoms with Gasteiger partial charge in [-0.15, -0.1) is 0 Å². The molecule has 106 valence electrons. The molecule has 1 aliphatic rings. The van der Waals surface area contributed by atoms with Crippen LogP contribution < -0.4 is 0 Å². The minimum atomic E-state index is 0.196. The topological polar surface area (TPSA) is 12.5 Å². The highest BCUT2D eigenvalue weighted by Crippen LogP contribution is 2.25. The highest BCUT2D eigenvalue weighted by molar-refractivity contribution is 7.99. The molecule has 0 N–H and O–H groups in total. The molecule has 1 heterocycles. The van der Waals surface area contributed by atoms with E-state index in [1.807, 2.05) is 11.8 Å². The minimum Gasteiger partial charge on any atom is -0.370 e. The van der Waals surface area contributed by atoms with E-state index in [2.05, 4.69) is 55.3 Å². The summed E-state index contributed by atoms with van der Waals surface area (Å²) in [7, 11) is 0. The average molecular weight is 279 g/mol. The number of likely N-dealkylation sites (tertiary alicyclic amines) is 1. The van der Waals surface area contributed by atoms with Crippen LogP contribution >= 0.6 is 11.8 Å². The van der Waals surface area contributed by atoms with Gasteiger partial charge in [-0.1, -0.05) is 30.3 Å². The molecule has 1 saturated heterocycles. The molecular formula is C16H25NOS. The third-order valence-corrected chi connectivity index (χ3v) is 4.65. The fraction of sp³-hybridized carbons (Fsp3) is 0.625. The van der Waals surface area contributed by atoms with Crippen LogP contribution in [0.2, 0.25) is 0 Å². The quantitative estimate of drug-likeness (QED) is 0.789. The van der Waals surface area contributed by atoms with Gasteiger partial charge in [-0.25, -0.2) is 0 Å². The molecule has 19 heavy (non-hydrogen) atoms. The van der Waals surface area contributed by atoms with Gasteiger partial charge < -0.3 is 4.74 Å². The summed E-state index contributed by atoms with van der Waals surface area (Å²) in [5.41, 5.74) is 1.30. The minimum absolute atomic E-state index is 0.196. The summed E-state index contributed by atoms with van der Waals surface area (Å²) >= 11 is 1.99. The molecule has 0 saturated carbocycles. The highest BCUT2D eigenvalue weighted by Gasteiger charge is 2.25. The Morgan fingerprint density at radius 3 is 2.63 bits per heavy atom. The van der Waals surface area contributed by atoms with E-state index in [9.17, 15) is 0 Å². The second-order valence-electron chi connectivity index (χ2n) is 5.49. The van der Waals surface area contributed by atoms with Crippen molar-refractivity contribution in [2.45, 2.75) is 37.7 Å². The lowest BCUT2D eigenvalue weighted by Gasteiger charge is -2.26. The molecule has 2 rings (SSSR count). The summed E-state index contributed by atoms with van der Waals surface area (Å²) in [6.07, 6.45) is 3.99. The van der Waals surface area contributed by atoms with Crippen molar-refractivity contribution in [3.8, 4) is 0 Å². The number of hydrogen-bond acceptors (Lipinski definition) is 3. The largest absolute Gasteiger partial charge is 0.370 e. The van der Waals surface area contributed by atoms with Crippen molar-refractivity contribution in [2.75, 3.05) is 25.9 Å². The van der Waals surface area contributed by atoms with E-state index in [0.717, 1.165) is 11.8 Å². The summed E-state index contributed by atoms with van der Waals surface area (Å²) in [5.74, 6) is 0. The Labute approximate surface area is 121 Å². The third-order valence-electron chi connectivity index (χ3n) is 3.59. The Hall–Kier alpha value is -0.510. The monoisotopic (exact) mass is 279 g/mol. The van der Waals surface area contributed by atoms with Crippen LogP contribution in [0.15, 0.2) is 30.3 Å². The molecule has 0 aromatic heterocycles. The maximum atomic E-state index is 6.12. The highest BCUT2D eigenvalue weighted by atomic mass is 32.2. The Balaban J connectivity index is 1.99. The third kappa shape index (κ3) is 4.51. The summed E-state index contributed by atoms with van der Waals surface area (Å²) in [6, 6.07) is 10.6. The number of rotatable bonds is 6. The second-order valence-corrected chi connectivity index (χ2v) is 6.63. The zero-order chi connectivity index (χ0) is 13.7. The fourth-order valence-electron chi connectivity index (χ4n) is 2.61. The van der Waals surface area contributed by atoms with Crippen molar-refractivity contribution in [1.82, 2.24) is 4.90 Å². The normalized spacial score (nSPS) is 22.0. The van der Waals surface area contributed by atoms with Crippen molar-refractivity contribution >= 4 is 11.8 Å². The second kappa shape index (κ2) is 7.32. The van der Waals surface area contributed by atoms with Crippen LogP contribution in [-0.2, 0) is 4.74 Å². The Kier molecular flexibility index (Phi) is 5.74. The number of hydrogen-bond donors (Lipinski definition) is 0. The van der Waals surface area contributed by atoms with Crippen molar-refractivity contribution in [1.29, 1.82) is 0 Å². The first-order valence-electron chi connectivity index (χ1n) is 7.14. The van der Waals surface area contributed by atoms with Crippen LogP contribution in [0.1, 0.15) is 31.9 Å². The first-order chi connectivity index (χ1) is 9.19.